The molecule has 0 radical (unpaired) electrons. The highest BCUT2D eigenvalue weighted by Gasteiger charge is 2.59. The molecule has 0 heteroatoms. The zero-order chi connectivity index (χ0) is 14.3. The van der Waals surface area contributed by atoms with Gasteiger partial charge in [-0.25, -0.2) is 0 Å². The van der Waals surface area contributed by atoms with E-state index in [0.717, 1.165) is 11.8 Å². The van der Waals surface area contributed by atoms with E-state index in [-0.39, 0.29) is 0 Å². The fourth-order valence-corrected chi connectivity index (χ4v) is 6.67. The molecule has 2 aliphatic carbocycles. The average molecular weight is 264 g/mol. The molecule has 0 nitrogen and oxygen atoms in total. The Hall–Kier alpha value is 0. The van der Waals surface area contributed by atoms with Crippen molar-refractivity contribution in [1.82, 2.24) is 0 Å². The van der Waals surface area contributed by atoms with E-state index in [2.05, 4.69) is 41.5 Å². The van der Waals surface area contributed by atoms with Gasteiger partial charge < -0.3 is 0 Å². The van der Waals surface area contributed by atoms with E-state index in [9.17, 15) is 0 Å². The second-order valence-corrected chi connectivity index (χ2v) is 9.33. The first-order valence-electron chi connectivity index (χ1n) is 8.71. The smallest absolute Gasteiger partial charge is 0.0144 e. The van der Waals surface area contributed by atoms with E-state index in [0.29, 0.717) is 16.2 Å². The minimum absolute atomic E-state index is 0.426. The molecular formula is C19H36. The molecule has 0 atom stereocenters. The van der Waals surface area contributed by atoms with Crippen LogP contribution in [-0.2, 0) is 0 Å². The number of rotatable bonds is 2. The molecule has 0 aromatic rings. The molecule has 0 saturated heterocycles. The van der Waals surface area contributed by atoms with Crippen molar-refractivity contribution in [3.63, 3.8) is 0 Å². The normalized spacial score (nSPS) is 24.3. The first kappa shape index (κ1) is 15.4. The van der Waals surface area contributed by atoms with Crippen molar-refractivity contribution in [2.75, 3.05) is 0 Å². The lowest BCUT2D eigenvalue weighted by Gasteiger charge is -2.61. The molecule has 0 unspecified atom stereocenters. The van der Waals surface area contributed by atoms with Gasteiger partial charge in [0.2, 0.25) is 0 Å². The summed E-state index contributed by atoms with van der Waals surface area (Å²) in [5.74, 6) is 1.94. The highest BCUT2D eigenvalue weighted by atomic mass is 14.6. The summed E-state index contributed by atoms with van der Waals surface area (Å²) in [6.07, 6.45) is 11.9. The zero-order valence-electron chi connectivity index (χ0n) is 14.3. The summed E-state index contributed by atoms with van der Waals surface area (Å²) in [4.78, 5) is 0. The Labute approximate surface area is 121 Å². The molecular weight excluding hydrogens is 228 g/mol. The maximum atomic E-state index is 2.54. The Morgan fingerprint density at radius 3 is 1.00 bits per heavy atom. The van der Waals surface area contributed by atoms with Gasteiger partial charge in [-0.3, -0.25) is 0 Å². The maximum absolute atomic E-state index is 2.54. The Bertz CT molecular complexity index is 255. The molecule has 0 bridgehead atoms. The Morgan fingerprint density at radius 2 is 0.789 bits per heavy atom. The second-order valence-electron chi connectivity index (χ2n) is 9.33. The topological polar surface area (TPSA) is 0 Å². The van der Waals surface area contributed by atoms with Crippen molar-refractivity contribution in [1.29, 1.82) is 0 Å². The minimum Gasteiger partial charge on any atom is -0.0596 e. The fraction of sp³-hybridized carbons (Fsp3) is 1.00. The Morgan fingerprint density at radius 1 is 0.526 bits per heavy atom. The molecule has 112 valence electrons. The van der Waals surface area contributed by atoms with Crippen LogP contribution in [0.4, 0.5) is 0 Å². The van der Waals surface area contributed by atoms with Gasteiger partial charge in [0.1, 0.15) is 0 Å². The standard InChI is InChI=1S/C19H36/c1-17(2,3)19(18(4,5)6,15-11-7-8-12-15)16-13-9-10-14-16/h15-16H,7-14H2,1-6H3. The van der Waals surface area contributed by atoms with Gasteiger partial charge in [-0.15, -0.1) is 0 Å². The average Bonchev–Trinajstić information content (AvgIpc) is 2.85. The van der Waals surface area contributed by atoms with Gasteiger partial charge in [0.05, 0.1) is 0 Å². The van der Waals surface area contributed by atoms with Crippen LogP contribution in [0.1, 0.15) is 92.9 Å². The van der Waals surface area contributed by atoms with E-state index < -0.39 is 0 Å². The van der Waals surface area contributed by atoms with E-state index in [1.807, 2.05) is 0 Å². The van der Waals surface area contributed by atoms with Crippen LogP contribution in [0.2, 0.25) is 0 Å². The lowest BCUT2D eigenvalue weighted by Crippen LogP contribution is -2.55. The molecule has 0 spiro atoms. The van der Waals surface area contributed by atoms with Crippen LogP contribution in [0.3, 0.4) is 0 Å². The summed E-state index contributed by atoms with van der Waals surface area (Å²) >= 11 is 0. The molecule has 0 aromatic carbocycles. The lowest BCUT2D eigenvalue weighted by molar-refractivity contribution is -0.131. The summed E-state index contributed by atoms with van der Waals surface area (Å²) < 4.78 is 0. The quantitative estimate of drug-likeness (QED) is 0.538. The van der Waals surface area contributed by atoms with Crippen molar-refractivity contribution < 1.29 is 0 Å². The van der Waals surface area contributed by atoms with E-state index in [1.54, 1.807) is 0 Å². The van der Waals surface area contributed by atoms with Gasteiger partial charge in [-0.1, -0.05) is 67.2 Å². The zero-order valence-corrected chi connectivity index (χ0v) is 14.3. The van der Waals surface area contributed by atoms with E-state index in [4.69, 9.17) is 0 Å². The first-order chi connectivity index (χ1) is 8.71. The van der Waals surface area contributed by atoms with Gasteiger partial charge in [0, 0.05) is 0 Å². The predicted octanol–water partition coefficient (Wildman–Crippen LogP) is 6.45. The van der Waals surface area contributed by atoms with Crippen LogP contribution in [0.15, 0.2) is 0 Å². The van der Waals surface area contributed by atoms with Crippen LogP contribution < -0.4 is 0 Å². The lowest BCUT2D eigenvalue weighted by atomic mass is 9.43. The van der Waals surface area contributed by atoms with Crippen molar-refractivity contribution in [2.45, 2.75) is 92.9 Å². The highest BCUT2D eigenvalue weighted by Crippen LogP contribution is 2.66. The largest absolute Gasteiger partial charge is 0.0596 e. The van der Waals surface area contributed by atoms with Gasteiger partial charge in [-0.2, -0.15) is 0 Å². The van der Waals surface area contributed by atoms with Gasteiger partial charge in [0.15, 0.2) is 0 Å². The summed E-state index contributed by atoms with van der Waals surface area (Å²) in [7, 11) is 0. The molecule has 0 heterocycles. The maximum Gasteiger partial charge on any atom is -0.0144 e. The Kier molecular flexibility index (Phi) is 4.11. The third-order valence-corrected chi connectivity index (χ3v) is 6.48. The fourth-order valence-electron chi connectivity index (χ4n) is 6.67. The van der Waals surface area contributed by atoms with Crippen molar-refractivity contribution in [3.8, 4) is 0 Å². The third kappa shape index (κ3) is 2.38. The number of hydrogen-bond donors (Lipinski definition) is 0. The summed E-state index contributed by atoms with van der Waals surface area (Å²) in [6.45, 7) is 15.2. The van der Waals surface area contributed by atoms with E-state index >= 15 is 0 Å². The van der Waals surface area contributed by atoms with Gasteiger partial charge in [0.25, 0.3) is 0 Å². The molecule has 0 aliphatic heterocycles. The molecule has 2 fully saturated rings. The molecule has 0 amide bonds. The molecule has 0 aromatic heterocycles. The Balaban J connectivity index is 2.49. The van der Waals surface area contributed by atoms with Gasteiger partial charge in [-0.05, 0) is 53.8 Å². The minimum atomic E-state index is 0.426. The van der Waals surface area contributed by atoms with E-state index in [1.165, 1.54) is 51.4 Å². The monoisotopic (exact) mass is 264 g/mol. The van der Waals surface area contributed by atoms with Crippen LogP contribution >= 0.6 is 0 Å². The molecule has 2 saturated carbocycles. The molecule has 2 aliphatic rings. The summed E-state index contributed by atoms with van der Waals surface area (Å²) in [5.41, 5.74) is 1.39. The highest BCUT2D eigenvalue weighted by molar-refractivity contribution is 5.07. The third-order valence-electron chi connectivity index (χ3n) is 6.48. The molecule has 2 rings (SSSR count). The van der Waals surface area contributed by atoms with Crippen molar-refractivity contribution in [3.05, 3.63) is 0 Å². The van der Waals surface area contributed by atoms with Gasteiger partial charge >= 0.3 is 0 Å². The van der Waals surface area contributed by atoms with Crippen LogP contribution in [0.25, 0.3) is 0 Å². The SMILES string of the molecule is CC(C)(C)C(C1CCCC1)(C1CCCC1)C(C)(C)C. The number of hydrogen-bond acceptors (Lipinski definition) is 0. The summed E-state index contributed by atoms with van der Waals surface area (Å²) in [6, 6.07) is 0. The summed E-state index contributed by atoms with van der Waals surface area (Å²) in [5, 5.41) is 0. The van der Waals surface area contributed by atoms with Crippen molar-refractivity contribution >= 4 is 0 Å². The molecule has 19 heavy (non-hydrogen) atoms. The van der Waals surface area contributed by atoms with Crippen LogP contribution in [-0.4, -0.2) is 0 Å². The van der Waals surface area contributed by atoms with Crippen molar-refractivity contribution in [2.24, 2.45) is 28.1 Å². The molecule has 0 N–H and O–H groups in total. The van der Waals surface area contributed by atoms with Crippen LogP contribution in [0, 0.1) is 28.1 Å². The predicted molar refractivity (Wildman–Crippen MR) is 85.3 cm³/mol. The first-order valence-corrected chi connectivity index (χ1v) is 8.71. The second kappa shape index (κ2) is 5.08. The van der Waals surface area contributed by atoms with Crippen LogP contribution in [0.5, 0.6) is 0 Å².